The second-order valence-corrected chi connectivity index (χ2v) is 19.6. The molecule has 1 rings (SSSR count). The van der Waals surface area contributed by atoms with Crippen molar-refractivity contribution in [1.82, 2.24) is 0 Å². The molecule has 0 aliphatic carbocycles. The Kier molecular flexibility index (Phi) is 27.1. The van der Waals surface area contributed by atoms with Gasteiger partial charge in [-0.1, -0.05) is 241 Å². The van der Waals surface area contributed by atoms with Gasteiger partial charge in [-0.15, -0.1) is 0 Å². The Hall–Kier alpha value is -0.780. The van der Waals surface area contributed by atoms with Crippen LogP contribution in [0, 0.1) is 52.8 Å². The smallest absolute Gasteiger partial charge is 0.0222 e. The van der Waals surface area contributed by atoms with E-state index in [0.717, 1.165) is 47.3 Å². The third-order valence-corrected chi connectivity index (χ3v) is 13.0. The van der Waals surface area contributed by atoms with Crippen molar-refractivity contribution in [3.63, 3.8) is 0 Å². The summed E-state index contributed by atoms with van der Waals surface area (Å²) in [6.07, 6.45) is 33.9. The molecule has 0 N–H and O–H groups in total. The molecular formula is C50H94. The Labute approximate surface area is 317 Å². The zero-order valence-corrected chi connectivity index (χ0v) is 36.5. The van der Waals surface area contributed by atoms with E-state index in [4.69, 9.17) is 0 Å². The molecular weight excluding hydrogens is 601 g/mol. The minimum atomic E-state index is 0.460. The first-order chi connectivity index (χ1) is 23.8. The maximum Gasteiger partial charge on any atom is -0.0222 e. The zero-order valence-electron chi connectivity index (χ0n) is 36.5. The molecule has 0 aliphatic heterocycles. The number of hydrogen-bond donors (Lipinski definition) is 0. The van der Waals surface area contributed by atoms with E-state index in [1.165, 1.54) is 154 Å². The second kappa shape index (κ2) is 28.7. The molecule has 0 aliphatic rings. The molecule has 0 amide bonds. The van der Waals surface area contributed by atoms with Crippen LogP contribution in [-0.4, -0.2) is 0 Å². The van der Waals surface area contributed by atoms with Crippen LogP contribution >= 0.6 is 0 Å². The number of benzene rings is 1. The SMILES string of the molecule is CCC(CCC(C)CCCC(C)CCCC(C)CCCC(C)C)(CCC(C)CCCC(C)CCCC(C)CCCC(C)C)Cc1ccccc1. The van der Waals surface area contributed by atoms with Gasteiger partial charge in [0, 0.05) is 0 Å². The van der Waals surface area contributed by atoms with Gasteiger partial charge >= 0.3 is 0 Å². The lowest BCUT2D eigenvalue weighted by atomic mass is 9.70. The molecule has 0 radical (unpaired) electrons. The predicted octanol–water partition coefficient (Wildman–Crippen LogP) is 17.3. The predicted molar refractivity (Wildman–Crippen MR) is 229 cm³/mol. The molecule has 0 saturated heterocycles. The fraction of sp³-hybridized carbons (Fsp3) is 0.880. The van der Waals surface area contributed by atoms with E-state index in [1.54, 1.807) is 5.56 Å². The quantitative estimate of drug-likeness (QED) is 0.0687. The Morgan fingerprint density at radius 2 is 0.660 bits per heavy atom. The highest BCUT2D eigenvalue weighted by molar-refractivity contribution is 5.16. The molecule has 6 unspecified atom stereocenters. The van der Waals surface area contributed by atoms with Crippen LogP contribution in [-0.2, 0) is 6.42 Å². The van der Waals surface area contributed by atoms with Gasteiger partial charge < -0.3 is 0 Å². The maximum absolute atomic E-state index is 2.56. The number of hydrogen-bond acceptors (Lipinski definition) is 0. The van der Waals surface area contributed by atoms with Gasteiger partial charge in [-0.3, -0.25) is 0 Å². The van der Waals surface area contributed by atoms with Crippen molar-refractivity contribution < 1.29 is 0 Å². The minimum absolute atomic E-state index is 0.460. The topological polar surface area (TPSA) is 0 Å². The summed E-state index contributed by atoms with van der Waals surface area (Å²) >= 11 is 0. The molecule has 50 heavy (non-hydrogen) atoms. The van der Waals surface area contributed by atoms with Crippen molar-refractivity contribution in [1.29, 1.82) is 0 Å². The van der Waals surface area contributed by atoms with E-state index in [0.29, 0.717) is 5.41 Å². The summed E-state index contributed by atoms with van der Waals surface area (Å²) < 4.78 is 0. The lowest BCUT2D eigenvalue weighted by molar-refractivity contribution is 0.185. The molecule has 0 heterocycles. The average Bonchev–Trinajstić information content (AvgIpc) is 3.06. The van der Waals surface area contributed by atoms with Gasteiger partial charge in [0.15, 0.2) is 0 Å². The van der Waals surface area contributed by atoms with Crippen LogP contribution in [0.3, 0.4) is 0 Å². The highest BCUT2D eigenvalue weighted by Gasteiger charge is 2.29. The summed E-state index contributed by atoms with van der Waals surface area (Å²) in [6.45, 7) is 27.1. The summed E-state index contributed by atoms with van der Waals surface area (Å²) in [5.74, 6) is 7.06. The van der Waals surface area contributed by atoms with Crippen molar-refractivity contribution in [3.05, 3.63) is 35.9 Å². The van der Waals surface area contributed by atoms with E-state index >= 15 is 0 Å². The van der Waals surface area contributed by atoms with Crippen molar-refractivity contribution in [3.8, 4) is 0 Å². The molecule has 0 nitrogen and oxygen atoms in total. The zero-order chi connectivity index (χ0) is 37.2. The van der Waals surface area contributed by atoms with Gasteiger partial charge in [-0.2, -0.15) is 0 Å². The summed E-state index contributed by atoms with van der Waals surface area (Å²) in [7, 11) is 0. The van der Waals surface area contributed by atoms with Crippen molar-refractivity contribution >= 4 is 0 Å². The fourth-order valence-electron chi connectivity index (χ4n) is 8.79. The maximum atomic E-state index is 2.56. The molecule has 1 aromatic rings. The third kappa shape index (κ3) is 25.2. The number of rotatable bonds is 33. The Morgan fingerprint density at radius 1 is 0.380 bits per heavy atom. The third-order valence-electron chi connectivity index (χ3n) is 13.0. The molecule has 0 aromatic heterocycles. The van der Waals surface area contributed by atoms with E-state index in [1.807, 2.05) is 0 Å². The Morgan fingerprint density at radius 3 is 0.940 bits per heavy atom. The van der Waals surface area contributed by atoms with Crippen LogP contribution in [0.5, 0.6) is 0 Å². The summed E-state index contributed by atoms with van der Waals surface area (Å²) in [4.78, 5) is 0. The van der Waals surface area contributed by atoms with Crippen LogP contribution < -0.4 is 0 Å². The Bertz CT molecular complexity index is 817. The molecule has 294 valence electrons. The van der Waals surface area contributed by atoms with Crippen LogP contribution in [0.4, 0.5) is 0 Å². The molecule has 1 aromatic carbocycles. The first kappa shape index (κ1) is 47.2. The van der Waals surface area contributed by atoms with E-state index in [9.17, 15) is 0 Å². The molecule has 0 bridgehead atoms. The highest BCUT2D eigenvalue weighted by atomic mass is 14.3. The van der Waals surface area contributed by atoms with E-state index in [2.05, 4.69) is 106 Å². The van der Waals surface area contributed by atoms with Gasteiger partial charge in [0.1, 0.15) is 0 Å². The lowest BCUT2D eigenvalue weighted by Gasteiger charge is -2.35. The van der Waals surface area contributed by atoms with Crippen LogP contribution in [0.1, 0.15) is 229 Å². The summed E-state index contributed by atoms with van der Waals surface area (Å²) in [6, 6.07) is 11.5. The van der Waals surface area contributed by atoms with E-state index < -0.39 is 0 Å². The second-order valence-electron chi connectivity index (χ2n) is 19.6. The van der Waals surface area contributed by atoms with Gasteiger partial charge in [-0.05, 0) is 77.6 Å². The highest BCUT2D eigenvalue weighted by Crippen LogP contribution is 2.40. The molecule has 6 atom stereocenters. The van der Waals surface area contributed by atoms with Crippen LogP contribution in [0.15, 0.2) is 30.3 Å². The first-order valence-corrected chi connectivity index (χ1v) is 22.9. The van der Waals surface area contributed by atoms with Crippen molar-refractivity contribution in [2.24, 2.45) is 52.8 Å². The average molecular weight is 695 g/mol. The largest absolute Gasteiger partial charge is 0.0648 e. The molecule has 0 heteroatoms. The summed E-state index contributed by atoms with van der Waals surface area (Å²) in [5.41, 5.74) is 2.02. The van der Waals surface area contributed by atoms with Gasteiger partial charge in [-0.25, -0.2) is 0 Å². The summed E-state index contributed by atoms with van der Waals surface area (Å²) in [5, 5.41) is 0. The van der Waals surface area contributed by atoms with Gasteiger partial charge in [0.05, 0.1) is 0 Å². The van der Waals surface area contributed by atoms with Crippen LogP contribution in [0.2, 0.25) is 0 Å². The standard InChI is InChI=1S/C50H94/c1-12-50(40-49-34-14-13-15-35-49,38-36-47(10)32-20-30-45(8)28-18-26-43(6)24-16-22-41(2)3)39-37-48(11)33-21-31-46(9)29-19-27-44(7)25-17-23-42(4)5/h13-15,34-35,41-48H,12,16-33,36-40H2,1-11H3. The minimum Gasteiger partial charge on any atom is -0.0648 e. The van der Waals surface area contributed by atoms with Gasteiger partial charge in [0.2, 0.25) is 0 Å². The Balaban J connectivity index is 2.44. The van der Waals surface area contributed by atoms with Crippen molar-refractivity contribution in [2.45, 2.75) is 230 Å². The van der Waals surface area contributed by atoms with E-state index in [-0.39, 0.29) is 0 Å². The lowest BCUT2D eigenvalue weighted by Crippen LogP contribution is -2.25. The molecule has 0 saturated carbocycles. The first-order valence-electron chi connectivity index (χ1n) is 22.9. The van der Waals surface area contributed by atoms with Crippen molar-refractivity contribution in [2.75, 3.05) is 0 Å². The molecule has 0 fully saturated rings. The monoisotopic (exact) mass is 695 g/mol. The normalized spacial score (nSPS) is 17.1. The fourth-order valence-corrected chi connectivity index (χ4v) is 8.79. The van der Waals surface area contributed by atoms with Crippen LogP contribution in [0.25, 0.3) is 0 Å². The van der Waals surface area contributed by atoms with Gasteiger partial charge in [0.25, 0.3) is 0 Å². The molecule has 0 spiro atoms.